The Kier molecular flexibility index (Phi) is 14.9. The SMILES string of the molecule is N=C(N)NCCC[C@@H](N)C(=O)N[C@@H](Cc1ccccc1)C(=O)N[C@@H](CCCCNC(=O)OCc1ccccc1)C(N)=O. The standard InChI is InChI=1S/C29H42N8O5/c30-22(14-9-17-34-28(32)33)26(39)37-24(18-20-10-3-1-4-11-20)27(40)36-23(25(31)38)15-7-8-16-35-29(41)42-19-21-12-5-2-6-13-21/h1-6,10-13,22-24H,7-9,14-19,30H2,(H2,31,38)(H,35,41)(H,36,40)(H,37,39)(H4,32,33,34)/t22-,23+,24+/m1/s1. The molecule has 0 radical (unpaired) electrons. The first-order chi connectivity index (χ1) is 20.2. The highest BCUT2D eigenvalue weighted by Gasteiger charge is 2.27. The van der Waals surface area contributed by atoms with Crippen LogP contribution in [0.15, 0.2) is 60.7 Å². The van der Waals surface area contributed by atoms with Crippen molar-refractivity contribution in [2.75, 3.05) is 13.1 Å². The fourth-order valence-corrected chi connectivity index (χ4v) is 4.01. The number of nitrogens with one attached hydrogen (secondary N) is 5. The predicted octanol–water partition coefficient (Wildman–Crippen LogP) is 0.371. The second kappa shape index (κ2) is 18.7. The average Bonchev–Trinajstić information content (AvgIpc) is 2.97. The quantitative estimate of drug-likeness (QED) is 0.0694. The number of primary amides is 1. The third-order valence-corrected chi connectivity index (χ3v) is 6.32. The van der Waals surface area contributed by atoms with Crippen molar-refractivity contribution < 1.29 is 23.9 Å². The highest BCUT2D eigenvalue weighted by atomic mass is 16.5. The average molecular weight is 583 g/mol. The van der Waals surface area contributed by atoms with Crippen LogP contribution in [0, 0.1) is 5.41 Å². The lowest BCUT2D eigenvalue weighted by Crippen LogP contribution is -2.56. The lowest BCUT2D eigenvalue weighted by Gasteiger charge is -2.23. The third-order valence-electron chi connectivity index (χ3n) is 6.32. The number of unbranched alkanes of at least 4 members (excludes halogenated alkanes) is 1. The van der Waals surface area contributed by atoms with Crippen LogP contribution in [0.25, 0.3) is 0 Å². The Morgan fingerprint density at radius 3 is 1.95 bits per heavy atom. The molecule has 13 heteroatoms. The molecule has 228 valence electrons. The molecule has 2 aromatic rings. The number of guanidine groups is 1. The van der Waals surface area contributed by atoms with Gasteiger partial charge in [-0.3, -0.25) is 19.8 Å². The maximum Gasteiger partial charge on any atom is 0.407 e. The molecule has 2 aromatic carbocycles. The van der Waals surface area contributed by atoms with Crippen molar-refractivity contribution in [3.63, 3.8) is 0 Å². The summed E-state index contributed by atoms with van der Waals surface area (Å²) in [7, 11) is 0. The summed E-state index contributed by atoms with van der Waals surface area (Å²) in [5.74, 6) is -1.97. The van der Waals surface area contributed by atoms with E-state index in [1.807, 2.05) is 60.7 Å². The van der Waals surface area contributed by atoms with Crippen molar-refractivity contribution in [2.24, 2.45) is 17.2 Å². The molecule has 0 saturated carbocycles. The Labute approximate surface area is 245 Å². The molecular formula is C29H42N8O5. The van der Waals surface area contributed by atoms with E-state index in [4.69, 9.17) is 27.3 Å². The Morgan fingerprint density at radius 2 is 1.33 bits per heavy atom. The zero-order valence-corrected chi connectivity index (χ0v) is 23.6. The lowest BCUT2D eigenvalue weighted by atomic mass is 10.0. The molecule has 0 heterocycles. The molecule has 0 aliphatic carbocycles. The summed E-state index contributed by atoms with van der Waals surface area (Å²) < 4.78 is 5.17. The van der Waals surface area contributed by atoms with Crippen LogP contribution in [-0.2, 0) is 32.1 Å². The van der Waals surface area contributed by atoms with E-state index in [2.05, 4.69) is 21.3 Å². The van der Waals surface area contributed by atoms with Crippen LogP contribution in [0.1, 0.15) is 43.2 Å². The van der Waals surface area contributed by atoms with Gasteiger partial charge in [0.25, 0.3) is 0 Å². The first-order valence-electron chi connectivity index (χ1n) is 13.9. The first-order valence-corrected chi connectivity index (χ1v) is 13.9. The zero-order valence-electron chi connectivity index (χ0n) is 23.6. The topological polar surface area (TPSA) is 228 Å². The molecular weight excluding hydrogens is 540 g/mol. The third kappa shape index (κ3) is 13.6. The van der Waals surface area contributed by atoms with Gasteiger partial charge in [-0.1, -0.05) is 60.7 Å². The summed E-state index contributed by atoms with van der Waals surface area (Å²) in [6.07, 6.45) is 1.69. The zero-order chi connectivity index (χ0) is 30.7. The molecule has 11 N–H and O–H groups in total. The van der Waals surface area contributed by atoms with E-state index in [0.29, 0.717) is 38.8 Å². The molecule has 2 rings (SSSR count). The van der Waals surface area contributed by atoms with Crippen molar-refractivity contribution in [3.8, 4) is 0 Å². The minimum Gasteiger partial charge on any atom is -0.445 e. The second-order valence-electron chi connectivity index (χ2n) is 9.79. The minimum atomic E-state index is -0.996. The summed E-state index contributed by atoms with van der Waals surface area (Å²) in [6.45, 7) is 0.861. The molecule has 0 spiro atoms. The van der Waals surface area contributed by atoms with Gasteiger partial charge in [-0.05, 0) is 43.2 Å². The summed E-state index contributed by atoms with van der Waals surface area (Å²) in [5.41, 5.74) is 18.5. The highest BCUT2D eigenvalue weighted by molar-refractivity contribution is 5.92. The van der Waals surface area contributed by atoms with Crippen LogP contribution in [0.3, 0.4) is 0 Å². The van der Waals surface area contributed by atoms with E-state index in [1.165, 1.54) is 0 Å². The number of carbonyl (C=O) groups is 4. The van der Waals surface area contributed by atoms with Gasteiger partial charge in [0.05, 0.1) is 6.04 Å². The van der Waals surface area contributed by atoms with E-state index in [9.17, 15) is 19.2 Å². The number of benzene rings is 2. The van der Waals surface area contributed by atoms with Gasteiger partial charge in [0, 0.05) is 19.5 Å². The van der Waals surface area contributed by atoms with Gasteiger partial charge in [-0.2, -0.15) is 0 Å². The maximum absolute atomic E-state index is 13.2. The maximum atomic E-state index is 13.2. The van der Waals surface area contributed by atoms with Gasteiger partial charge in [0.2, 0.25) is 17.7 Å². The normalized spacial score (nSPS) is 12.7. The van der Waals surface area contributed by atoms with Gasteiger partial charge >= 0.3 is 6.09 Å². The van der Waals surface area contributed by atoms with Crippen LogP contribution < -0.4 is 38.5 Å². The number of nitrogens with two attached hydrogens (primary N) is 3. The molecule has 0 saturated heterocycles. The number of hydrogen-bond donors (Lipinski definition) is 8. The van der Waals surface area contributed by atoms with Crippen LogP contribution >= 0.6 is 0 Å². The van der Waals surface area contributed by atoms with Crippen molar-refractivity contribution in [3.05, 3.63) is 71.8 Å². The number of ether oxygens (including phenoxy) is 1. The summed E-state index contributed by atoms with van der Waals surface area (Å²) in [6, 6.07) is 15.6. The molecule has 0 aliphatic heterocycles. The molecule has 3 atom stereocenters. The predicted molar refractivity (Wildman–Crippen MR) is 159 cm³/mol. The van der Waals surface area contributed by atoms with E-state index in [-0.39, 0.29) is 25.4 Å². The van der Waals surface area contributed by atoms with Crippen LogP contribution in [0.5, 0.6) is 0 Å². The Morgan fingerprint density at radius 1 is 0.738 bits per heavy atom. The van der Waals surface area contributed by atoms with Crippen molar-refractivity contribution in [1.29, 1.82) is 5.41 Å². The van der Waals surface area contributed by atoms with Crippen molar-refractivity contribution in [2.45, 2.75) is 63.3 Å². The minimum absolute atomic E-state index is 0.158. The number of hydrogen-bond acceptors (Lipinski definition) is 7. The summed E-state index contributed by atoms with van der Waals surface area (Å²) >= 11 is 0. The van der Waals surface area contributed by atoms with Crippen LogP contribution in [0.2, 0.25) is 0 Å². The number of amides is 4. The van der Waals surface area contributed by atoms with Gasteiger partial charge in [-0.25, -0.2) is 4.79 Å². The molecule has 0 aliphatic rings. The Balaban J connectivity index is 1.86. The van der Waals surface area contributed by atoms with E-state index in [1.54, 1.807) is 0 Å². The Bertz CT molecular complexity index is 1150. The lowest BCUT2D eigenvalue weighted by molar-refractivity contribution is -0.131. The molecule has 0 unspecified atom stereocenters. The molecule has 13 nitrogen and oxygen atoms in total. The molecule has 0 bridgehead atoms. The fraction of sp³-hybridized carbons (Fsp3) is 0.414. The van der Waals surface area contributed by atoms with E-state index >= 15 is 0 Å². The monoisotopic (exact) mass is 582 g/mol. The van der Waals surface area contributed by atoms with Crippen molar-refractivity contribution in [1.82, 2.24) is 21.3 Å². The van der Waals surface area contributed by atoms with Crippen LogP contribution in [-0.4, -0.2) is 61.0 Å². The second-order valence-corrected chi connectivity index (χ2v) is 9.79. The number of rotatable bonds is 18. The highest BCUT2D eigenvalue weighted by Crippen LogP contribution is 2.07. The van der Waals surface area contributed by atoms with Gasteiger partial charge < -0.3 is 43.2 Å². The smallest absolute Gasteiger partial charge is 0.407 e. The van der Waals surface area contributed by atoms with Gasteiger partial charge in [-0.15, -0.1) is 0 Å². The molecule has 4 amide bonds. The molecule has 0 aromatic heterocycles. The first kappa shape index (κ1) is 33.6. The summed E-state index contributed by atoms with van der Waals surface area (Å²) in [4.78, 5) is 50.0. The van der Waals surface area contributed by atoms with Crippen LogP contribution in [0.4, 0.5) is 4.79 Å². The fourth-order valence-electron chi connectivity index (χ4n) is 4.01. The van der Waals surface area contributed by atoms with Gasteiger partial charge in [0.1, 0.15) is 18.7 Å². The van der Waals surface area contributed by atoms with Gasteiger partial charge in [0.15, 0.2) is 5.96 Å². The van der Waals surface area contributed by atoms with E-state index in [0.717, 1.165) is 11.1 Å². The largest absolute Gasteiger partial charge is 0.445 e. The number of alkyl carbamates (subject to hydrolysis) is 1. The van der Waals surface area contributed by atoms with E-state index < -0.39 is 41.9 Å². The Hall–Kier alpha value is -4.65. The number of carbonyl (C=O) groups excluding carboxylic acids is 4. The summed E-state index contributed by atoms with van der Waals surface area (Å²) in [5, 5.41) is 17.8. The van der Waals surface area contributed by atoms with Crippen molar-refractivity contribution >= 4 is 29.8 Å². The molecule has 0 fully saturated rings. The molecule has 42 heavy (non-hydrogen) atoms.